The van der Waals surface area contributed by atoms with Gasteiger partial charge in [0.1, 0.15) is 13.2 Å². The number of aliphatic hydroxyl groups is 1. The molecule has 3 atom stereocenters. The molecule has 9 heteroatoms. The number of aliphatic hydroxyl groups excluding tert-OH is 1. The number of allylic oxidation sites excluding steroid dienone is 9. The highest BCUT2D eigenvalue weighted by atomic mass is 31.2. The Labute approximate surface area is 441 Å². The second kappa shape index (κ2) is 53.0. The van der Waals surface area contributed by atoms with Crippen molar-refractivity contribution in [3.63, 3.8) is 0 Å². The van der Waals surface area contributed by atoms with Crippen molar-refractivity contribution in [2.45, 2.75) is 289 Å². The molecule has 0 saturated heterocycles. The Morgan fingerprint density at radius 2 is 0.831 bits per heavy atom. The Bertz CT molecular complexity index is 1340. The third-order valence-electron chi connectivity index (χ3n) is 13.4. The fourth-order valence-corrected chi connectivity index (χ4v) is 9.41. The molecule has 0 fully saturated rings. The largest absolute Gasteiger partial charge is 0.756 e. The van der Waals surface area contributed by atoms with Crippen LogP contribution in [0.15, 0.2) is 60.8 Å². The fourth-order valence-electron chi connectivity index (χ4n) is 8.69. The number of quaternary nitrogens is 1. The van der Waals surface area contributed by atoms with Crippen molar-refractivity contribution in [2.24, 2.45) is 0 Å². The number of carbonyl (C=O) groups is 1. The number of hydrogen-bond acceptors (Lipinski definition) is 6. The second-order valence-electron chi connectivity index (χ2n) is 21.7. The molecule has 0 aromatic rings. The van der Waals surface area contributed by atoms with E-state index < -0.39 is 26.6 Å². The molecule has 0 bridgehead atoms. The van der Waals surface area contributed by atoms with Crippen LogP contribution in [0.3, 0.4) is 0 Å². The molecule has 71 heavy (non-hydrogen) atoms. The van der Waals surface area contributed by atoms with Crippen molar-refractivity contribution in [1.29, 1.82) is 0 Å². The van der Waals surface area contributed by atoms with Crippen LogP contribution in [0, 0.1) is 0 Å². The van der Waals surface area contributed by atoms with E-state index in [4.69, 9.17) is 9.05 Å². The molecule has 0 aliphatic heterocycles. The van der Waals surface area contributed by atoms with E-state index in [1.807, 2.05) is 27.2 Å². The maximum atomic E-state index is 13.0. The van der Waals surface area contributed by atoms with Crippen LogP contribution in [0.25, 0.3) is 0 Å². The van der Waals surface area contributed by atoms with Gasteiger partial charge in [0.2, 0.25) is 5.91 Å². The molecule has 0 aliphatic rings. The zero-order valence-electron chi connectivity index (χ0n) is 47.4. The van der Waals surface area contributed by atoms with Gasteiger partial charge < -0.3 is 28.8 Å². The van der Waals surface area contributed by atoms with Gasteiger partial charge >= 0.3 is 0 Å². The highest BCUT2D eigenvalue weighted by molar-refractivity contribution is 7.45. The molecule has 0 radical (unpaired) electrons. The van der Waals surface area contributed by atoms with E-state index in [2.05, 4.69) is 67.8 Å². The Kier molecular flexibility index (Phi) is 51.7. The van der Waals surface area contributed by atoms with Crippen molar-refractivity contribution in [1.82, 2.24) is 5.32 Å². The topological polar surface area (TPSA) is 108 Å². The average molecular weight is 1020 g/mol. The molecule has 0 aromatic carbocycles. The van der Waals surface area contributed by atoms with E-state index in [0.717, 1.165) is 51.4 Å². The highest BCUT2D eigenvalue weighted by Crippen LogP contribution is 2.38. The van der Waals surface area contributed by atoms with Crippen LogP contribution in [-0.2, 0) is 18.4 Å². The Morgan fingerprint density at radius 1 is 0.493 bits per heavy atom. The van der Waals surface area contributed by atoms with E-state index >= 15 is 0 Å². The van der Waals surface area contributed by atoms with E-state index in [9.17, 15) is 19.4 Å². The van der Waals surface area contributed by atoms with Crippen molar-refractivity contribution in [3.8, 4) is 0 Å². The van der Waals surface area contributed by atoms with Crippen molar-refractivity contribution >= 4 is 13.7 Å². The smallest absolute Gasteiger partial charge is 0.268 e. The lowest BCUT2D eigenvalue weighted by molar-refractivity contribution is -0.870. The van der Waals surface area contributed by atoms with Gasteiger partial charge in [-0.25, -0.2) is 0 Å². The summed E-state index contributed by atoms with van der Waals surface area (Å²) in [5, 5.41) is 13.9. The summed E-state index contributed by atoms with van der Waals surface area (Å²) in [6.45, 7) is 4.63. The van der Waals surface area contributed by atoms with Crippen molar-refractivity contribution < 1.29 is 32.9 Å². The number of unbranched alkanes of at least 4 members (excludes halogenated alkanes) is 34. The average Bonchev–Trinajstić information content (AvgIpc) is 3.33. The van der Waals surface area contributed by atoms with Crippen molar-refractivity contribution in [2.75, 3.05) is 40.9 Å². The fraction of sp³-hybridized carbons (Fsp3) is 0.823. The van der Waals surface area contributed by atoms with Crippen LogP contribution in [0.5, 0.6) is 0 Å². The van der Waals surface area contributed by atoms with Crippen LogP contribution < -0.4 is 10.2 Å². The van der Waals surface area contributed by atoms with E-state index in [0.29, 0.717) is 17.4 Å². The molecular weight excluding hydrogens is 900 g/mol. The first-order valence-corrected chi connectivity index (χ1v) is 31.6. The van der Waals surface area contributed by atoms with Gasteiger partial charge in [-0.15, -0.1) is 0 Å². The minimum Gasteiger partial charge on any atom is -0.756 e. The van der Waals surface area contributed by atoms with E-state index in [1.54, 1.807) is 6.08 Å². The number of nitrogens with one attached hydrogen (secondary N) is 1. The number of carbonyl (C=O) groups excluding carboxylic acids is 1. The number of likely N-dealkylation sites (N-methyl/N-ethyl adjacent to an activating group) is 1. The Hall–Kier alpha value is -1.80. The van der Waals surface area contributed by atoms with Gasteiger partial charge in [0.25, 0.3) is 7.82 Å². The minimum absolute atomic E-state index is 0.00933. The number of phosphoric acid groups is 1. The molecule has 3 unspecified atom stereocenters. The van der Waals surface area contributed by atoms with Gasteiger partial charge in [-0.05, 0) is 77.0 Å². The summed E-state index contributed by atoms with van der Waals surface area (Å²) in [7, 11) is 1.24. The van der Waals surface area contributed by atoms with Crippen LogP contribution in [0.1, 0.15) is 277 Å². The first-order chi connectivity index (χ1) is 34.5. The predicted molar refractivity (Wildman–Crippen MR) is 307 cm³/mol. The van der Waals surface area contributed by atoms with Gasteiger partial charge in [-0.3, -0.25) is 9.36 Å². The summed E-state index contributed by atoms with van der Waals surface area (Å²) in [5.74, 6) is -0.209. The quantitative estimate of drug-likeness (QED) is 0.0272. The summed E-state index contributed by atoms with van der Waals surface area (Å²) < 4.78 is 23.3. The van der Waals surface area contributed by atoms with E-state index in [1.165, 1.54) is 205 Å². The molecule has 416 valence electrons. The summed E-state index contributed by atoms with van der Waals surface area (Å²) >= 11 is 0. The lowest BCUT2D eigenvalue weighted by Crippen LogP contribution is -2.45. The summed E-state index contributed by atoms with van der Waals surface area (Å²) in [5.41, 5.74) is 0. The normalized spacial score (nSPS) is 14.3. The molecule has 0 saturated carbocycles. The molecule has 2 N–H and O–H groups in total. The van der Waals surface area contributed by atoms with Crippen LogP contribution in [-0.4, -0.2) is 68.5 Å². The maximum absolute atomic E-state index is 13.0. The minimum atomic E-state index is -4.61. The van der Waals surface area contributed by atoms with Crippen molar-refractivity contribution in [3.05, 3.63) is 60.8 Å². The summed E-state index contributed by atoms with van der Waals surface area (Å²) in [6.07, 6.45) is 71.7. The van der Waals surface area contributed by atoms with Gasteiger partial charge in [0.15, 0.2) is 0 Å². The molecular formula is C62H117N2O6P. The highest BCUT2D eigenvalue weighted by Gasteiger charge is 2.23. The van der Waals surface area contributed by atoms with Crippen LogP contribution >= 0.6 is 7.82 Å². The summed E-state index contributed by atoms with van der Waals surface area (Å²) in [6, 6.07) is -0.911. The predicted octanol–water partition coefficient (Wildman–Crippen LogP) is 17.9. The number of rotatable bonds is 55. The lowest BCUT2D eigenvalue weighted by Gasteiger charge is -2.29. The molecule has 0 aliphatic carbocycles. The van der Waals surface area contributed by atoms with Gasteiger partial charge in [0, 0.05) is 6.42 Å². The molecule has 0 spiro atoms. The lowest BCUT2D eigenvalue weighted by atomic mass is 10.0. The molecule has 0 rings (SSSR count). The third kappa shape index (κ3) is 55.8. The SMILES string of the molecule is CCCCCCC/C=C\C/C=C\CCCCCCCCCCCCCCCCCCCCCC(=O)NC(COP(=O)([O-])OCC[N+](C)(C)C)C(O)/C=C/CC/C=C/CC/C=C/CCCCCCCCCC. The number of phosphoric ester groups is 1. The number of nitrogens with zero attached hydrogens (tertiary/aromatic N) is 1. The monoisotopic (exact) mass is 1020 g/mol. The molecule has 8 nitrogen and oxygen atoms in total. The molecule has 0 heterocycles. The Balaban J connectivity index is 4.13. The molecule has 1 amide bonds. The number of amides is 1. The standard InChI is InChI=1S/C62H117N2O6P/c1-6-8-10-12-14-16-18-20-22-24-26-27-28-29-30-31-32-33-34-35-36-37-38-40-42-44-46-48-50-52-54-56-62(66)63-60(59-70-71(67,68)69-58-57-64(3,4)5)61(65)55-53-51-49-47-45-43-41-39-25-23-21-19-17-15-13-11-9-7-2/h18,20,24-26,39,45,47,53,55,60-61,65H,6-17,19,21-23,27-38,40-44,46,48-52,54,56-59H2,1-5H3,(H-,63,66,67,68)/b20-18-,26-24-,39-25+,47-45+,55-53+. The van der Waals surface area contributed by atoms with Crippen LogP contribution in [0.2, 0.25) is 0 Å². The van der Waals surface area contributed by atoms with Crippen LogP contribution in [0.4, 0.5) is 0 Å². The van der Waals surface area contributed by atoms with Gasteiger partial charge in [-0.1, -0.05) is 254 Å². The summed E-state index contributed by atoms with van der Waals surface area (Å²) in [4.78, 5) is 25.5. The molecule has 0 aromatic heterocycles. The van der Waals surface area contributed by atoms with Gasteiger partial charge in [0.05, 0.1) is 39.9 Å². The Morgan fingerprint density at radius 3 is 1.23 bits per heavy atom. The van der Waals surface area contributed by atoms with E-state index in [-0.39, 0.29) is 12.5 Å². The third-order valence-corrected chi connectivity index (χ3v) is 14.4. The maximum Gasteiger partial charge on any atom is 0.268 e. The van der Waals surface area contributed by atoms with Gasteiger partial charge in [-0.2, -0.15) is 0 Å². The zero-order valence-corrected chi connectivity index (χ0v) is 48.3. The number of hydrogen-bond donors (Lipinski definition) is 2. The zero-order chi connectivity index (χ0) is 52.0. The first-order valence-electron chi connectivity index (χ1n) is 30.2. The first kappa shape index (κ1) is 69.2. The second-order valence-corrected chi connectivity index (χ2v) is 23.1.